The van der Waals surface area contributed by atoms with Gasteiger partial charge < -0.3 is 15.4 Å². The molecule has 3 heteroatoms. The number of hydrogen-bond acceptors (Lipinski definition) is 3. The predicted molar refractivity (Wildman–Crippen MR) is 68.7 cm³/mol. The molecule has 2 N–H and O–H groups in total. The summed E-state index contributed by atoms with van der Waals surface area (Å²) in [7, 11) is 0. The van der Waals surface area contributed by atoms with Gasteiger partial charge in [0.15, 0.2) is 0 Å². The molecule has 3 nitrogen and oxygen atoms in total. The molecule has 16 heavy (non-hydrogen) atoms. The monoisotopic (exact) mass is 228 g/mol. The van der Waals surface area contributed by atoms with E-state index in [1.54, 1.807) is 0 Å². The van der Waals surface area contributed by atoms with E-state index in [1.807, 2.05) is 0 Å². The molecule has 0 bridgehead atoms. The fourth-order valence-corrected chi connectivity index (χ4v) is 2.23. The summed E-state index contributed by atoms with van der Waals surface area (Å²) in [5.41, 5.74) is 0. The highest BCUT2D eigenvalue weighted by atomic mass is 16.5. The maximum absolute atomic E-state index is 5.67. The molecule has 0 saturated carbocycles. The van der Waals surface area contributed by atoms with Crippen molar-refractivity contribution in [2.75, 3.05) is 32.8 Å². The smallest absolute Gasteiger partial charge is 0.0613 e. The molecule has 1 heterocycles. The fraction of sp³-hybridized carbons (Fsp3) is 1.00. The lowest BCUT2D eigenvalue weighted by Crippen LogP contribution is -2.34. The van der Waals surface area contributed by atoms with Crippen molar-refractivity contribution in [3.63, 3.8) is 0 Å². The van der Waals surface area contributed by atoms with Crippen LogP contribution in [0.4, 0.5) is 0 Å². The molecule has 1 aliphatic heterocycles. The minimum atomic E-state index is 0.496. The van der Waals surface area contributed by atoms with Crippen LogP contribution < -0.4 is 10.6 Å². The van der Waals surface area contributed by atoms with E-state index in [0.717, 1.165) is 51.0 Å². The quantitative estimate of drug-likeness (QED) is 0.620. The molecule has 0 spiro atoms. The fourth-order valence-electron chi connectivity index (χ4n) is 2.23. The van der Waals surface area contributed by atoms with Gasteiger partial charge in [-0.2, -0.15) is 0 Å². The van der Waals surface area contributed by atoms with Crippen LogP contribution in [0.1, 0.15) is 33.6 Å². The van der Waals surface area contributed by atoms with Gasteiger partial charge in [0.05, 0.1) is 6.10 Å². The van der Waals surface area contributed by atoms with E-state index >= 15 is 0 Å². The molecule has 1 saturated heterocycles. The van der Waals surface area contributed by atoms with Crippen LogP contribution in [-0.2, 0) is 4.74 Å². The highest BCUT2D eigenvalue weighted by Crippen LogP contribution is 2.22. The first kappa shape index (κ1) is 13.9. The second-order valence-corrected chi connectivity index (χ2v) is 5.17. The molecular weight excluding hydrogens is 200 g/mol. The lowest BCUT2D eigenvalue weighted by atomic mass is 10.00. The SMILES string of the molecule is CCC1OCCC1CNCCNCC(C)C. The Bertz CT molecular complexity index is 173. The molecule has 1 rings (SSSR count). The summed E-state index contributed by atoms with van der Waals surface area (Å²) in [4.78, 5) is 0. The summed E-state index contributed by atoms with van der Waals surface area (Å²) >= 11 is 0. The van der Waals surface area contributed by atoms with E-state index < -0.39 is 0 Å². The van der Waals surface area contributed by atoms with E-state index in [4.69, 9.17) is 4.74 Å². The Kier molecular flexibility index (Phi) is 7.01. The van der Waals surface area contributed by atoms with Crippen molar-refractivity contribution < 1.29 is 4.74 Å². The zero-order chi connectivity index (χ0) is 11.8. The van der Waals surface area contributed by atoms with Gasteiger partial charge in [-0.15, -0.1) is 0 Å². The van der Waals surface area contributed by atoms with Gasteiger partial charge in [0, 0.05) is 26.2 Å². The lowest BCUT2D eigenvalue weighted by molar-refractivity contribution is 0.0873. The molecule has 0 aromatic heterocycles. The third kappa shape index (κ3) is 5.28. The molecule has 0 amide bonds. The Hall–Kier alpha value is -0.120. The first-order valence-electron chi connectivity index (χ1n) is 6.77. The van der Waals surface area contributed by atoms with Crippen LogP contribution in [0.25, 0.3) is 0 Å². The first-order chi connectivity index (χ1) is 7.74. The van der Waals surface area contributed by atoms with Crippen LogP contribution in [0.3, 0.4) is 0 Å². The molecule has 0 radical (unpaired) electrons. The summed E-state index contributed by atoms with van der Waals surface area (Å²) in [6.07, 6.45) is 2.87. The van der Waals surface area contributed by atoms with Crippen molar-refractivity contribution in [1.82, 2.24) is 10.6 Å². The van der Waals surface area contributed by atoms with Crippen LogP contribution in [0.2, 0.25) is 0 Å². The molecule has 96 valence electrons. The normalized spacial score (nSPS) is 25.5. The minimum Gasteiger partial charge on any atom is -0.378 e. The van der Waals surface area contributed by atoms with Gasteiger partial charge in [-0.1, -0.05) is 20.8 Å². The average Bonchev–Trinajstić information content (AvgIpc) is 2.70. The van der Waals surface area contributed by atoms with Gasteiger partial charge >= 0.3 is 0 Å². The molecule has 2 atom stereocenters. The van der Waals surface area contributed by atoms with E-state index in [1.165, 1.54) is 6.42 Å². The third-order valence-electron chi connectivity index (χ3n) is 3.19. The van der Waals surface area contributed by atoms with Crippen molar-refractivity contribution in [2.24, 2.45) is 11.8 Å². The summed E-state index contributed by atoms with van der Waals surface area (Å²) < 4.78 is 5.67. The van der Waals surface area contributed by atoms with E-state index in [2.05, 4.69) is 31.4 Å². The van der Waals surface area contributed by atoms with Crippen LogP contribution in [0.5, 0.6) is 0 Å². The van der Waals surface area contributed by atoms with Gasteiger partial charge in [-0.3, -0.25) is 0 Å². The summed E-state index contributed by atoms with van der Waals surface area (Å²) in [6.45, 7) is 12.0. The zero-order valence-electron chi connectivity index (χ0n) is 11.1. The minimum absolute atomic E-state index is 0.496. The summed E-state index contributed by atoms with van der Waals surface area (Å²) in [5, 5.41) is 6.96. The molecule has 0 aromatic rings. The van der Waals surface area contributed by atoms with Gasteiger partial charge in [-0.05, 0) is 31.2 Å². The Morgan fingerprint density at radius 2 is 2.00 bits per heavy atom. The maximum Gasteiger partial charge on any atom is 0.0613 e. The number of hydrogen-bond donors (Lipinski definition) is 2. The standard InChI is InChI=1S/C13H28N2O/c1-4-13-12(5-8-16-13)10-15-7-6-14-9-11(2)3/h11-15H,4-10H2,1-3H3. The molecule has 2 unspecified atom stereocenters. The third-order valence-corrected chi connectivity index (χ3v) is 3.19. The Labute approximate surface area is 100 Å². The molecule has 1 aliphatic rings. The van der Waals surface area contributed by atoms with Gasteiger partial charge in [0.1, 0.15) is 0 Å². The van der Waals surface area contributed by atoms with Crippen molar-refractivity contribution >= 4 is 0 Å². The topological polar surface area (TPSA) is 33.3 Å². The van der Waals surface area contributed by atoms with Crippen molar-refractivity contribution in [1.29, 1.82) is 0 Å². The molecule has 1 fully saturated rings. The largest absolute Gasteiger partial charge is 0.378 e. The molecule has 0 aliphatic carbocycles. The first-order valence-corrected chi connectivity index (χ1v) is 6.77. The highest BCUT2D eigenvalue weighted by Gasteiger charge is 2.25. The number of nitrogens with one attached hydrogen (secondary N) is 2. The van der Waals surface area contributed by atoms with Crippen LogP contribution in [-0.4, -0.2) is 38.9 Å². The Morgan fingerprint density at radius 1 is 1.25 bits per heavy atom. The van der Waals surface area contributed by atoms with E-state index in [9.17, 15) is 0 Å². The summed E-state index contributed by atoms with van der Waals surface area (Å²) in [5.74, 6) is 1.47. The van der Waals surface area contributed by atoms with Crippen LogP contribution in [0.15, 0.2) is 0 Å². The van der Waals surface area contributed by atoms with Crippen molar-refractivity contribution in [3.05, 3.63) is 0 Å². The van der Waals surface area contributed by atoms with Crippen molar-refractivity contribution in [3.8, 4) is 0 Å². The van der Waals surface area contributed by atoms with E-state index in [0.29, 0.717) is 6.10 Å². The zero-order valence-corrected chi connectivity index (χ0v) is 11.1. The Morgan fingerprint density at radius 3 is 2.69 bits per heavy atom. The van der Waals surface area contributed by atoms with Gasteiger partial charge in [0.25, 0.3) is 0 Å². The van der Waals surface area contributed by atoms with Crippen LogP contribution >= 0.6 is 0 Å². The van der Waals surface area contributed by atoms with Crippen molar-refractivity contribution in [2.45, 2.75) is 39.7 Å². The van der Waals surface area contributed by atoms with Gasteiger partial charge in [0.2, 0.25) is 0 Å². The molecule has 0 aromatic carbocycles. The lowest BCUT2D eigenvalue weighted by Gasteiger charge is -2.17. The predicted octanol–water partition coefficient (Wildman–Crippen LogP) is 1.64. The van der Waals surface area contributed by atoms with Gasteiger partial charge in [-0.25, -0.2) is 0 Å². The van der Waals surface area contributed by atoms with Crippen LogP contribution in [0, 0.1) is 11.8 Å². The second kappa shape index (κ2) is 8.04. The molecular formula is C13H28N2O. The Balaban J connectivity index is 1.94. The number of rotatable bonds is 8. The maximum atomic E-state index is 5.67. The average molecular weight is 228 g/mol. The number of ether oxygens (including phenoxy) is 1. The summed E-state index contributed by atoms with van der Waals surface area (Å²) in [6, 6.07) is 0. The highest BCUT2D eigenvalue weighted by molar-refractivity contribution is 4.77. The second-order valence-electron chi connectivity index (χ2n) is 5.17. The van der Waals surface area contributed by atoms with E-state index in [-0.39, 0.29) is 0 Å².